The van der Waals surface area contributed by atoms with Crippen LogP contribution in [-0.4, -0.2) is 35.8 Å². The number of hydrogen-bond donors (Lipinski definition) is 1. The summed E-state index contributed by atoms with van der Waals surface area (Å²) in [6.07, 6.45) is 2.46. The highest BCUT2D eigenvalue weighted by Gasteiger charge is 2.26. The first kappa shape index (κ1) is 16.5. The number of nitrogens with one attached hydrogen (secondary N) is 1. The van der Waals surface area contributed by atoms with Crippen molar-refractivity contribution < 1.29 is 14.3 Å². The molecular formula is C14H20N2O3S. The minimum Gasteiger partial charge on any atom is -0.467 e. The molecule has 0 unspecified atom stereocenters. The highest BCUT2D eigenvalue weighted by atomic mass is 32.2. The summed E-state index contributed by atoms with van der Waals surface area (Å²) in [6, 6.07) is 4.93. The van der Waals surface area contributed by atoms with Gasteiger partial charge in [-0.3, -0.25) is 4.79 Å². The average molecular weight is 296 g/mol. The Morgan fingerprint density at radius 1 is 1.45 bits per heavy atom. The molecule has 0 aliphatic carbocycles. The van der Waals surface area contributed by atoms with Crippen LogP contribution in [0.3, 0.4) is 0 Å². The number of rotatable bonds is 7. The van der Waals surface area contributed by atoms with Gasteiger partial charge in [0.15, 0.2) is 0 Å². The molecule has 1 rings (SSSR count). The number of esters is 1. The van der Waals surface area contributed by atoms with E-state index in [0.717, 1.165) is 11.4 Å². The second-order valence-electron chi connectivity index (χ2n) is 4.41. The lowest BCUT2D eigenvalue weighted by Gasteiger charge is -2.21. The second-order valence-corrected chi connectivity index (χ2v) is 5.41. The topological polar surface area (TPSA) is 68.3 Å². The third-order valence-electron chi connectivity index (χ3n) is 2.97. The monoisotopic (exact) mass is 296 g/mol. The Kier molecular flexibility index (Phi) is 7.08. The number of aromatic nitrogens is 1. The van der Waals surface area contributed by atoms with Crippen LogP contribution in [0, 0.1) is 5.92 Å². The summed E-state index contributed by atoms with van der Waals surface area (Å²) in [5, 5.41) is 3.51. The number of ether oxygens (including phenoxy) is 1. The van der Waals surface area contributed by atoms with Gasteiger partial charge in [-0.1, -0.05) is 38.1 Å². The highest BCUT2D eigenvalue weighted by Crippen LogP contribution is 2.14. The van der Waals surface area contributed by atoms with Crippen LogP contribution in [0.25, 0.3) is 0 Å². The van der Waals surface area contributed by atoms with Crippen LogP contribution in [0.1, 0.15) is 20.3 Å². The van der Waals surface area contributed by atoms with E-state index in [1.54, 1.807) is 6.20 Å². The van der Waals surface area contributed by atoms with E-state index >= 15 is 0 Å². The molecule has 0 saturated carbocycles. The van der Waals surface area contributed by atoms with E-state index in [2.05, 4.69) is 10.3 Å². The van der Waals surface area contributed by atoms with Gasteiger partial charge in [0.25, 0.3) is 0 Å². The van der Waals surface area contributed by atoms with Crippen molar-refractivity contribution in [2.45, 2.75) is 31.3 Å². The normalized spacial score (nSPS) is 13.3. The molecule has 1 heterocycles. The van der Waals surface area contributed by atoms with Crippen molar-refractivity contribution in [3.63, 3.8) is 0 Å². The largest absolute Gasteiger partial charge is 0.467 e. The first-order valence-corrected chi connectivity index (χ1v) is 7.48. The molecule has 0 fully saturated rings. The number of thioether (sulfide) groups is 1. The van der Waals surface area contributed by atoms with Crippen LogP contribution in [0.2, 0.25) is 0 Å². The van der Waals surface area contributed by atoms with Gasteiger partial charge in [0.2, 0.25) is 5.91 Å². The Balaban J connectivity index is 2.51. The number of hydrogen-bond acceptors (Lipinski definition) is 5. The zero-order valence-corrected chi connectivity index (χ0v) is 12.8. The predicted octanol–water partition coefficient (Wildman–Crippen LogP) is 1.88. The van der Waals surface area contributed by atoms with E-state index in [1.807, 2.05) is 32.0 Å². The van der Waals surface area contributed by atoms with E-state index in [0.29, 0.717) is 0 Å². The molecule has 1 aromatic rings. The lowest BCUT2D eigenvalue weighted by Crippen LogP contribution is -2.46. The fourth-order valence-electron chi connectivity index (χ4n) is 1.58. The molecule has 0 bridgehead atoms. The predicted molar refractivity (Wildman–Crippen MR) is 78.4 cm³/mol. The molecule has 0 spiro atoms. The zero-order valence-electron chi connectivity index (χ0n) is 12.0. The molecule has 0 radical (unpaired) electrons. The highest BCUT2D eigenvalue weighted by molar-refractivity contribution is 7.99. The van der Waals surface area contributed by atoms with E-state index < -0.39 is 12.0 Å². The van der Waals surface area contributed by atoms with Gasteiger partial charge in [-0.25, -0.2) is 9.78 Å². The van der Waals surface area contributed by atoms with E-state index in [1.165, 1.54) is 18.9 Å². The standard InChI is InChI=1S/C14H20N2O3S/c1-4-10(2)13(14(18)19-3)16-11(17)9-20-12-7-5-6-8-15-12/h5-8,10,13H,4,9H2,1-3H3,(H,16,17)/t10-,13+/m0/s1. The van der Waals surface area contributed by atoms with Gasteiger partial charge in [0, 0.05) is 6.20 Å². The van der Waals surface area contributed by atoms with Crippen LogP contribution in [0.5, 0.6) is 0 Å². The molecule has 5 nitrogen and oxygen atoms in total. The lowest BCUT2D eigenvalue weighted by molar-refractivity contribution is -0.146. The third kappa shape index (κ3) is 5.21. The smallest absolute Gasteiger partial charge is 0.328 e. The van der Waals surface area contributed by atoms with Crippen LogP contribution in [0.15, 0.2) is 29.4 Å². The quantitative estimate of drug-likeness (QED) is 0.614. The fourth-order valence-corrected chi connectivity index (χ4v) is 2.26. The van der Waals surface area contributed by atoms with Crippen molar-refractivity contribution >= 4 is 23.6 Å². The van der Waals surface area contributed by atoms with Crippen molar-refractivity contribution in [2.75, 3.05) is 12.9 Å². The van der Waals surface area contributed by atoms with Crippen molar-refractivity contribution in [2.24, 2.45) is 5.92 Å². The molecule has 0 aliphatic heterocycles. The number of carbonyl (C=O) groups excluding carboxylic acids is 2. The Morgan fingerprint density at radius 2 is 2.20 bits per heavy atom. The minimum atomic E-state index is -0.596. The van der Waals surface area contributed by atoms with Gasteiger partial charge in [0.1, 0.15) is 6.04 Å². The number of carbonyl (C=O) groups is 2. The molecule has 110 valence electrons. The minimum absolute atomic E-state index is 0.0336. The maximum Gasteiger partial charge on any atom is 0.328 e. The molecule has 0 aromatic carbocycles. The number of nitrogens with zero attached hydrogens (tertiary/aromatic N) is 1. The van der Waals surface area contributed by atoms with Gasteiger partial charge in [-0.05, 0) is 18.1 Å². The molecule has 0 saturated heterocycles. The molecule has 0 aliphatic rings. The number of pyridine rings is 1. The summed E-state index contributed by atoms with van der Waals surface area (Å²) in [6.45, 7) is 3.88. The zero-order chi connectivity index (χ0) is 15.0. The average Bonchev–Trinajstić information content (AvgIpc) is 2.50. The Morgan fingerprint density at radius 3 is 2.75 bits per heavy atom. The summed E-state index contributed by atoms with van der Waals surface area (Å²) in [5.74, 6) is -0.348. The molecule has 1 amide bonds. The van der Waals surface area contributed by atoms with Crippen LogP contribution >= 0.6 is 11.8 Å². The van der Waals surface area contributed by atoms with Gasteiger partial charge >= 0.3 is 5.97 Å². The maximum absolute atomic E-state index is 11.9. The first-order chi connectivity index (χ1) is 9.58. The number of methoxy groups -OCH3 is 1. The summed E-state index contributed by atoms with van der Waals surface area (Å²) in [5.41, 5.74) is 0. The molecular weight excluding hydrogens is 276 g/mol. The number of amides is 1. The van der Waals surface area contributed by atoms with Crippen LogP contribution in [0.4, 0.5) is 0 Å². The van der Waals surface area contributed by atoms with Gasteiger partial charge in [0.05, 0.1) is 17.9 Å². The molecule has 6 heteroatoms. The Hall–Kier alpha value is -1.56. The van der Waals surface area contributed by atoms with E-state index in [9.17, 15) is 9.59 Å². The Labute approximate surface area is 123 Å². The molecule has 20 heavy (non-hydrogen) atoms. The van der Waals surface area contributed by atoms with Crippen LogP contribution in [-0.2, 0) is 14.3 Å². The van der Waals surface area contributed by atoms with Gasteiger partial charge < -0.3 is 10.1 Å². The van der Waals surface area contributed by atoms with E-state index in [4.69, 9.17) is 4.74 Å². The molecule has 1 aromatic heterocycles. The Bertz CT molecular complexity index is 439. The summed E-state index contributed by atoms with van der Waals surface area (Å²) >= 11 is 1.33. The van der Waals surface area contributed by atoms with Gasteiger partial charge in [-0.2, -0.15) is 0 Å². The summed E-state index contributed by atoms with van der Waals surface area (Å²) in [7, 11) is 1.33. The lowest BCUT2D eigenvalue weighted by atomic mass is 9.99. The van der Waals surface area contributed by atoms with Gasteiger partial charge in [-0.15, -0.1) is 0 Å². The second kappa shape index (κ2) is 8.58. The van der Waals surface area contributed by atoms with Crippen molar-refractivity contribution in [3.05, 3.63) is 24.4 Å². The molecule has 1 N–H and O–H groups in total. The van der Waals surface area contributed by atoms with Crippen molar-refractivity contribution in [3.8, 4) is 0 Å². The van der Waals surface area contributed by atoms with E-state index in [-0.39, 0.29) is 17.6 Å². The maximum atomic E-state index is 11.9. The fraction of sp³-hybridized carbons (Fsp3) is 0.500. The third-order valence-corrected chi connectivity index (χ3v) is 3.92. The summed E-state index contributed by atoms with van der Waals surface area (Å²) in [4.78, 5) is 27.7. The van der Waals surface area contributed by atoms with Crippen LogP contribution < -0.4 is 5.32 Å². The molecule has 2 atom stereocenters. The van der Waals surface area contributed by atoms with Crippen molar-refractivity contribution in [1.82, 2.24) is 10.3 Å². The van der Waals surface area contributed by atoms with Crippen molar-refractivity contribution in [1.29, 1.82) is 0 Å². The SMILES string of the molecule is CC[C@H](C)[C@@H](NC(=O)CSc1ccccn1)C(=O)OC. The first-order valence-electron chi connectivity index (χ1n) is 6.49. The summed E-state index contributed by atoms with van der Waals surface area (Å²) < 4.78 is 4.73.